The monoisotopic (exact) mass is 207 g/mol. The van der Waals surface area contributed by atoms with E-state index in [0.29, 0.717) is 5.92 Å². The van der Waals surface area contributed by atoms with Gasteiger partial charge in [-0.15, -0.1) is 0 Å². The van der Waals surface area contributed by atoms with Crippen molar-refractivity contribution in [1.29, 1.82) is 0 Å². The fourth-order valence-corrected chi connectivity index (χ4v) is 2.43. The molecular weight excluding hydrogens is 190 g/mol. The molecule has 0 bridgehead atoms. The number of rotatable bonds is 2. The molecule has 1 aromatic heterocycles. The van der Waals surface area contributed by atoms with Crippen molar-refractivity contribution in [2.75, 3.05) is 0 Å². The second-order valence-electron chi connectivity index (χ2n) is 5.15. The molecule has 0 aromatic carbocycles. The summed E-state index contributed by atoms with van der Waals surface area (Å²) in [6.45, 7) is 2.15. The first-order chi connectivity index (χ1) is 7.20. The van der Waals surface area contributed by atoms with Crippen LogP contribution in [0.5, 0.6) is 0 Å². The van der Waals surface area contributed by atoms with E-state index < -0.39 is 0 Å². The minimum Gasteiger partial charge on any atom is -0.339 e. The normalized spacial score (nSPS) is 36.0. The molecule has 15 heavy (non-hydrogen) atoms. The van der Waals surface area contributed by atoms with Gasteiger partial charge in [-0.25, -0.2) is 0 Å². The molecule has 0 aliphatic heterocycles. The third-order valence-corrected chi connectivity index (χ3v) is 3.90. The van der Waals surface area contributed by atoms with Gasteiger partial charge in [-0.3, -0.25) is 0 Å². The maximum atomic E-state index is 6.12. The van der Waals surface area contributed by atoms with Crippen LogP contribution < -0.4 is 5.73 Å². The molecule has 1 heterocycles. The van der Waals surface area contributed by atoms with Gasteiger partial charge in [0.05, 0.1) is 5.41 Å². The average Bonchev–Trinajstić information content (AvgIpc) is 2.85. The number of nitrogens with two attached hydrogens (primary N) is 1. The first-order valence-corrected chi connectivity index (χ1v) is 5.80. The SMILES string of the molecule is CC1(c2nc(C3CC3)no2)CCCC1N. The van der Waals surface area contributed by atoms with Crippen molar-refractivity contribution in [3.05, 3.63) is 11.7 Å². The highest BCUT2D eigenvalue weighted by molar-refractivity contribution is 5.14. The summed E-state index contributed by atoms with van der Waals surface area (Å²) in [5, 5.41) is 4.06. The van der Waals surface area contributed by atoms with Crippen LogP contribution in [0.3, 0.4) is 0 Å². The van der Waals surface area contributed by atoms with Crippen molar-refractivity contribution in [2.24, 2.45) is 5.73 Å². The molecule has 2 unspecified atom stereocenters. The second-order valence-corrected chi connectivity index (χ2v) is 5.15. The molecule has 2 saturated carbocycles. The topological polar surface area (TPSA) is 64.9 Å². The smallest absolute Gasteiger partial charge is 0.234 e. The van der Waals surface area contributed by atoms with Gasteiger partial charge in [-0.1, -0.05) is 11.6 Å². The van der Waals surface area contributed by atoms with E-state index in [1.807, 2.05) is 0 Å². The summed E-state index contributed by atoms with van der Waals surface area (Å²) in [5.41, 5.74) is 6.04. The van der Waals surface area contributed by atoms with Crippen LogP contribution in [0.2, 0.25) is 0 Å². The van der Waals surface area contributed by atoms with Crippen molar-refractivity contribution in [3.63, 3.8) is 0 Å². The summed E-state index contributed by atoms with van der Waals surface area (Å²) in [5.74, 6) is 2.21. The van der Waals surface area contributed by atoms with Crippen LogP contribution >= 0.6 is 0 Å². The third-order valence-electron chi connectivity index (χ3n) is 3.90. The van der Waals surface area contributed by atoms with Crippen molar-refractivity contribution in [3.8, 4) is 0 Å². The Morgan fingerprint density at radius 1 is 1.40 bits per heavy atom. The lowest BCUT2D eigenvalue weighted by atomic mass is 9.85. The quantitative estimate of drug-likeness (QED) is 0.801. The highest BCUT2D eigenvalue weighted by Gasteiger charge is 2.43. The van der Waals surface area contributed by atoms with Crippen molar-refractivity contribution in [1.82, 2.24) is 10.1 Å². The Morgan fingerprint density at radius 2 is 2.20 bits per heavy atom. The molecule has 0 spiro atoms. The molecule has 2 N–H and O–H groups in total. The molecule has 1 aromatic rings. The molecule has 3 rings (SSSR count). The van der Waals surface area contributed by atoms with Gasteiger partial charge in [-0.2, -0.15) is 4.98 Å². The molecule has 0 amide bonds. The van der Waals surface area contributed by atoms with Gasteiger partial charge in [0.25, 0.3) is 0 Å². The zero-order chi connectivity index (χ0) is 10.5. The first-order valence-electron chi connectivity index (χ1n) is 5.80. The number of nitrogens with zero attached hydrogens (tertiary/aromatic N) is 2. The lowest BCUT2D eigenvalue weighted by Gasteiger charge is -2.23. The zero-order valence-electron chi connectivity index (χ0n) is 9.07. The van der Waals surface area contributed by atoms with E-state index in [1.54, 1.807) is 0 Å². The molecule has 4 nitrogen and oxygen atoms in total. The maximum Gasteiger partial charge on any atom is 0.234 e. The van der Waals surface area contributed by atoms with Gasteiger partial charge < -0.3 is 10.3 Å². The van der Waals surface area contributed by atoms with Crippen molar-refractivity contribution < 1.29 is 4.52 Å². The van der Waals surface area contributed by atoms with Gasteiger partial charge in [-0.05, 0) is 32.6 Å². The Labute approximate surface area is 89.2 Å². The number of aromatic nitrogens is 2. The summed E-state index contributed by atoms with van der Waals surface area (Å²) < 4.78 is 5.38. The fourth-order valence-electron chi connectivity index (χ4n) is 2.43. The summed E-state index contributed by atoms with van der Waals surface area (Å²) in [6, 6.07) is 0.171. The zero-order valence-corrected chi connectivity index (χ0v) is 9.07. The average molecular weight is 207 g/mol. The van der Waals surface area contributed by atoms with Gasteiger partial charge >= 0.3 is 0 Å². The minimum atomic E-state index is -0.0832. The van der Waals surface area contributed by atoms with Crippen LogP contribution in [0.25, 0.3) is 0 Å². The van der Waals surface area contributed by atoms with Crippen molar-refractivity contribution in [2.45, 2.75) is 56.4 Å². The standard InChI is InChI=1S/C11H17N3O/c1-11(6-2-3-8(11)12)10-13-9(14-15-10)7-4-5-7/h7-8H,2-6,12H2,1H3. The first kappa shape index (κ1) is 9.33. The maximum absolute atomic E-state index is 6.12. The molecule has 2 aliphatic rings. The van der Waals surface area contributed by atoms with Crippen molar-refractivity contribution >= 4 is 0 Å². The highest BCUT2D eigenvalue weighted by atomic mass is 16.5. The highest BCUT2D eigenvalue weighted by Crippen LogP contribution is 2.42. The van der Waals surface area contributed by atoms with Crippen LogP contribution in [0.15, 0.2) is 4.52 Å². The van der Waals surface area contributed by atoms with Gasteiger partial charge in [0.2, 0.25) is 5.89 Å². The summed E-state index contributed by atoms with van der Waals surface area (Å²) >= 11 is 0. The molecule has 0 radical (unpaired) electrons. The van der Waals surface area contributed by atoms with E-state index in [4.69, 9.17) is 10.3 Å². The Hall–Kier alpha value is -0.900. The van der Waals surface area contributed by atoms with Crippen LogP contribution in [0.1, 0.15) is 56.7 Å². The number of hydrogen-bond acceptors (Lipinski definition) is 4. The van der Waals surface area contributed by atoms with E-state index in [0.717, 1.165) is 24.6 Å². The molecule has 2 aliphatic carbocycles. The predicted molar refractivity (Wildman–Crippen MR) is 55.5 cm³/mol. The Morgan fingerprint density at radius 3 is 2.80 bits per heavy atom. The molecule has 2 fully saturated rings. The molecule has 0 saturated heterocycles. The largest absolute Gasteiger partial charge is 0.339 e. The van der Waals surface area contributed by atoms with Gasteiger partial charge in [0, 0.05) is 12.0 Å². The summed E-state index contributed by atoms with van der Waals surface area (Å²) in [4.78, 5) is 4.52. The van der Waals surface area contributed by atoms with E-state index in [9.17, 15) is 0 Å². The van der Waals surface area contributed by atoms with E-state index in [-0.39, 0.29) is 11.5 Å². The second kappa shape index (κ2) is 3.04. The Bertz CT molecular complexity index is 372. The van der Waals surface area contributed by atoms with Gasteiger partial charge in [0.1, 0.15) is 0 Å². The van der Waals surface area contributed by atoms with E-state index in [2.05, 4.69) is 17.1 Å². The van der Waals surface area contributed by atoms with E-state index >= 15 is 0 Å². The van der Waals surface area contributed by atoms with E-state index in [1.165, 1.54) is 19.3 Å². The third kappa shape index (κ3) is 1.39. The fraction of sp³-hybridized carbons (Fsp3) is 0.818. The predicted octanol–water partition coefficient (Wildman–Crippen LogP) is 1.72. The Balaban J connectivity index is 1.90. The lowest BCUT2D eigenvalue weighted by molar-refractivity contribution is 0.276. The summed E-state index contributed by atoms with van der Waals surface area (Å²) in [6.07, 6.45) is 5.72. The molecule has 2 atom stereocenters. The van der Waals surface area contributed by atoms with Crippen LogP contribution in [0, 0.1) is 0 Å². The molecular formula is C11H17N3O. The number of hydrogen-bond donors (Lipinski definition) is 1. The van der Waals surface area contributed by atoms with Crippen LogP contribution in [-0.2, 0) is 5.41 Å². The van der Waals surface area contributed by atoms with Gasteiger partial charge in [0.15, 0.2) is 5.82 Å². The van der Waals surface area contributed by atoms with Crippen LogP contribution in [0.4, 0.5) is 0 Å². The minimum absolute atomic E-state index is 0.0832. The van der Waals surface area contributed by atoms with Crippen LogP contribution in [-0.4, -0.2) is 16.2 Å². The molecule has 4 heteroatoms. The Kier molecular flexibility index (Phi) is 1.89. The lowest BCUT2D eigenvalue weighted by Crippen LogP contribution is -2.38. The molecule has 82 valence electrons. The summed E-state index contributed by atoms with van der Waals surface area (Å²) in [7, 11) is 0.